The van der Waals surface area contributed by atoms with Gasteiger partial charge in [0.05, 0.1) is 10.6 Å². The summed E-state index contributed by atoms with van der Waals surface area (Å²) in [6.07, 6.45) is 1.63. The van der Waals surface area contributed by atoms with Crippen LogP contribution in [0, 0.1) is 0 Å². The molecule has 0 spiro atoms. The predicted molar refractivity (Wildman–Crippen MR) is 106 cm³/mol. The van der Waals surface area contributed by atoms with Gasteiger partial charge < -0.3 is 0 Å². The van der Waals surface area contributed by atoms with Gasteiger partial charge in [-0.15, -0.1) is 0 Å². The molecule has 0 aromatic heterocycles. The van der Waals surface area contributed by atoms with E-state index in [9.17, 15) is 16.8 Å². The van der Waals surface area contributed by atoms with E-state index in [1.165, 1.54) is 48.5 Å². The molecule has 2 aromatic rings. The molecule has 0 unspecified atom stereocenters. The van der Waals surface area contributed by atoms with E-state index in [0.717, 1.165) is 18.6 Å². The van der Waals surface area contributed by atoms with Gasteiger partial charge in [0.1, 0.15) is 0 Å². The van der Waals surface area contributed by atoms with Crippen molar-refractivity contribution >= 4 is 25.7 Å². The normalized spacial score (nSPS) is 13.3. The highest BCUT2D eigenvalue weighted by Gasteiger charge is 2.52. The van der Waals surface area contributed by atoms with Crippen LogP contribution >= 0.6 is 0 Å². The van der Waals surface area contributed by atoms with E-state index in [4.69, 9.17) is 0 Å². The molecule has 0 N–H and O–H groups in total. The van der Waals surface area contributed by atoms with Crippen LogP contribution in [0.4, 0.5) is 8.78 Å². The number of unbranched alkanes of at least 4 members (excludes halogenated alkanes) is 2. The van der Waals surface area contributed by atoms with Crippen LogP contribution in [0.15, 0.2) is 70.7 Å². The van der Waals surface area contributed by atoms with Gasteiger partial charge in [0.15, 0.2) is 5.71 Å². The minimum atomic E-state index is -5.21. The lowest BCUT2D eigenvalue weighted by molar-refractivity contribution is 0.164. The Morgan fingerprint density at radius 3 is 2.03 bits per heavy atom. The van der Waals surface area contributed by atoms with Crippen molar-refractivity contribution in [2.45, 2.75) is 36.3 Å². The van der Waals surface area contributed by atoms with Gasteiger partial charge in [-0.25, -0.2) is 8.42 Å². The highest BCUT2D eigenvalue weighted by Crippen LogP contribution is 2.33. The molecule has 10 heteroatoms. The molecule has 2 rings (SSSR count). The van der Waals surface area contributed by atoms with E-state index in [0.29, 0.717) is 6.42 Å². The maximum absolute atomic E-state index is 15.1. The Hall–Kier alpha value is -2.33. The molecule has 0 aliphatic rings. The van der Waals surface area contributed by atoms with Crippen LogP contribution in [-0.2, 0) is 24.2 Å². The molecule has 0 bridgehead atoms. The van der Waals surface area contributed by atoms with Gasteiger partial charge >= 0.3 is 15.4 Å². The lowest BCUT2D eigenvalue weighted by Crippen LogP contribution is -2.39. The van der Waals surface area contributed by atoms with Crippen molar-refractivity contribution in [3.63, 3.8) is 0 Å². The summed E-state index contributed by atoms with van der Waals surface area (Å²) >= 11 is 0. The first-order valence-electron chi connectivity index (χ1n) is 8.84. The lowest BCUT2D eigenvalue weighted by Gasteiger charge is -2.19. The molecular formula is C19H21F2NO5S2. The third kappa shape index (κ3) is 5.60. The minimum Gasteiger partial charge on any atom is -0.268 e. The number of hydrogen-bond acceptors (Lipinski definition) is 6. The van der Waals surface area contributed by atoms with Gasteiger partial charge in [-0.3, -0.25) is 4.28 Å². The number of alkyl halides is 2. The zero-order valence-corrected chi connectivity index (χ0v) is 17.3. The summed E-state index contributed by atoms with van der Waals surface area (Å²) in [6.45, 7) is 1.87. The van der Waals surface area contributed by atoms with Gasteiger partial charge in [-0.05, 0) is 18.6 Å². The first-order valence-corrected chi connectivity index (χ1v) is 11.9. The Bertz CT molecular complexity index is 1040. The van der Waals surface area contributed by atoms with Crippen LogP contribution in [-0.4, -0.2) is 33.6 Å². The number of halogens is 2. The molecule has 0 saturated heterocycles. The second-order valence-corrected chi connectivity index (χ2v) is 9.85. The number of rotatable bonds is 10. The average Bonchev–Trinajstić information content (AvgIpc) is 2.69. The van der Waals surface area contributed by atoms with Gasteiger partial charge in [-0.1, -0.05) is 73.5 Å². The molecule has 0 aliphatic heterocycles. The molecular weight excluding hydrogens is 424 g/mol. The first-order chi connectivity index (χ1) is 13.6. The smallest absolute Gasteiger partial charge is 0.268 e. The van der Waals surface area contributed by atoms with Crippen molar-refractivity contribution in [3.05, 3.63) is 66.2 Å². The monoisotopic (exact) mass is 445 g/mol. The van der Waals surface area contributed by atoms with Gasteiger partial charge in [0, 0.05) is 5.56 Å². The number of sulfone groups is 1. The SMILES string of the molecule is CCCCCS(=O)(=O)ON=C(c1ccccc1)C(F)(F)S(=O)(=O)c1ccccc1. The first kappa shape index (κ1) is 23.0. The predicted octanol–water partition coefficient (Wildman–Crippen LogP) is 3.99. The van der Waals surface area contributed by atoms with E-state index in [1.807, 2.05) is 6.92 Å². The summed E-state index contributed by atoms with van der Waals surface area (Å²) in [5, 5.41) is -1.43. The highest BCUT2D eigenvalue weighted by molar-refractivity contribution is 7.93. The Kier molecular flexibility index (Phi) is 7.48. The van der Waals surface area contributed by atoms with E-state index < -0.39 is 41.6 Å². The van der Waals surface area contributed by atoms with Gasteiger partial charge in [0.2, 0.25) is 9.84 Å². The second kappa shape index (κ2) is 9.45. The third-order valence-electron chi connectivity index (χ3n) is 3.95. The molecule has 0 amide bonds. The molecule has 0 radical (unpaired) electrons. The summed E-state index contributed by atoms with van der Waals surface area (Å²) in [5.74, 6) is -0.413. The van der Waals surface area contributed by atoms with Crippen LogP contribution in [0.3, 0.4) is 0 Å². The molecule has 0 atom stereocenters. The van der Waals surface area contributed by atoms with Crippen molar-refractivity contribution in [2.75, 3.05) is 5.75 Å². The largest absolute Gasteiger partial charge is 0.395 e. The van der Waals surface area contributed by atoms with Gasteiger partial charge in [0.25, 0.3) is 0 Å². The standard InChI is InChI=1S/C19H21F2NO5S2/c1-2-3-10-15-28(23,24)27-22-18(16-11-6-4-7-12-16)19(20,21)29(25,26)17-13-8-5-9-14-17/h4-9,11-14H,2-3,10,15H2,1H3. The number of oxime groups is 1. The fraction of sp³-hybridized carbons (Fsp3) is 0.316. The van der Waals surface area contributed by atoms with E-state index in [1.54, 1.807) is 0 Å². The number of nitrogens with zero attached hydrogens (tertiary/aromatic N) is 1. The number of benzene rings is 2. The Balaban J connectivity index is 2.49. The van der Waals surface area contributed by atoms with Crippen LogP contribution in [0.1, 0.15) is 31.7 Å². The molecule has 2 aromatic carbocycles. The number of hydrogen-bond donors (Lipinski definition) is 0. The maximum atomic E-state index is 15.1. The molecule has 158 valence electrons. The zero-order chi connectivity index (χ0) is 21.5. The summed E-state index contributed by atoms with van der Waals surface area (Å²) in [5.41, 5.74) is -1.58. The van der Waals surface area contributed by atoms with Crippen molar-refractivity contribution in [2.24, 2.45) is 5.16 Å². The Morgan fingerprint density at radius 1 is 0.931 bits per heavy atom. The molecule has 0 fully saturated rings. The zero-order valence-electron chi connectivity index (χ0n) is 15.7. The van der Waals surface area contributed by atoms with Crippen molar-refractivity contribution in [1.82, 2.24) is 0 Å². The minimum absolute atomic E-state index is 0.272. The van der Waals surface area contributed by atoms with E-state index in [-0.39, 0.29) is 12.0 Å². The summed E-state index contributed by atoms with van der Waals surface area (Å²) in [4.78, 5) is -0.626. The summed E-state index contributed by atoms with van der Waals surface area (Å²) in [7, 11) is -9.46. The molecule has 6 nitrogen and oxygen atoms in total. The maximum Gasteiger partial charge on any atom is 0.395 e. The van der Waals surface area contributed by atoms with Crippen LogP contribution in [0.2, 0.25) is 0 Å². The Morgan fingerprint density at radius 2 is 1.48 bits per heavy atom. The van der Waals surface area contributed by atoms with E-state index >= 15 is 8.78 Å². The molecule has 29 heavy (non-hydrogen) atoms. The molecule has 0 heterocycles. The summed E-state index contributed by atoms with van der Waals surface area (Å²) in [6, 6.07) is 12.8. The fourth-order valence-corrected chi connectivity index (χ4v) is 4.45. The van der Waals surface area contributed by atoms with Crippen LogP contribution in [0.5, 0.6) is 0 Å². The Labute approximate surface area is 169 Å². The average molecular weight is 446 g/mol. The van der Waals surface area contributed by atoms with Gasteiger partial charge in [-0.2, -0.15) is 17.2 Å². The highest BCUT2D eigenvalue weighted by atomic mass is 32.2. The van der Waals surface area contributed by atoms with E-state index in [2.05, 4.69) is 9.44 Å². The topological polar surface area (TPSA) is 89.9 Å². The molecule has 0 saturated carbocycles. The third-order valence-corrected chi connectivity index (χ3v) is 6.81. The van der Waals surface area contributed by atoms with Crippen molar-refractivity contribution < 1.29 is 29.9 Å². The van der Waals surface area contributed by atoms with Crippen molar-refractivity contribution in [1.29, 1.82) is 0 Å². The second-order valence-electron chi connectivity index (χ2n) is 6.18. The lowest BCUT2D eigenvalue weighted by atomic mass is 10.1. The quantitative estimate of drug-likeness (QED) is 0.313. The molecule has 0 aliphatic carbocycles. The summed E-state index contributed by atoms with van der Waals surface area (Å²) < 4.78 is 83.7. The van der Waals surface area contributed by atoms with Crippen molar-refractivity contribution in [3.8, 4) is 0 Å². The van der Waals surface area contributed by atoms with Crippen LogP contribution in [0.25, 0.3) is 0 Å². The van der Waals surface area contributed by atoms with Crippen LogP contribution < -0.4 is 0 Å². The fourth-order valence-electron chi connectivity index (χ4n) is 2.40.